The van der Waals surface area contributed by atoms with Crippen molar-refractivity contribution in [1.29, 1.82) is 0 Å². The van der Waals surface area contributed by atoms with Crippen molar-refractivity contribution in [2.24, 2.45) is 11.8 Å². The van der Waals surface area contributed by atoms with Crippen LogP contribution in [-0.2, 0) is 4.74 Å². The van der Waals surface area contributed by atoms with Crippen LogP contribution in [0.4, 0.5) is 52.7 Å². The Bertz CT molecular complexity index is 1790. The molecule has 0 amide bonds. The van der Waals surface area contributed by atoms with Crippen LogP contribution in [0, 0.1) is 83.9 Å². The Hall–Kier alpha value is -4.20. The van der Waals surface area contributed by atoms with Gasteiger partial charge >= 0.3 is 0 Å². The first-order chi connectivity index (χ1) is 26.5. The second kappa shape index (κ2) is 21.9. The quantitative estimate of drug-likeness (QED) is 0.143. The highest BCUT2D eigenvalue weighted by atomic mass is 19.2. The second-order valence-corrected chi connectivity index (χ2v) is 13.9. The highest BCUT2D eigenvalue weighted by Gasteiger charge is 2.25. The fraction of sp³-hybridized carbons (Fsp3) is 0.429. The lowest BCUT2D eigenvalue weighted by Gasteiger charge is -2.26. The highest BCUT2D eigenvalue weighted by molar-refractivity contribution is 5.65. The molecule has 0 bridgehead atoms. The Morgan fingerprint density at radius 1 is 0.464 bits per heavy atom. The standard InChI is InChI=1S/C14H17F3O.C13H7F5.C8H15FO.C7H5F3/c1-9-2-4-10(5-3-9)11-6-7-12(18-8-15)14(17)13(11)16;1-6-2-3-7(11(16)10(6)15)8-4-5-9(14)13(18)12(8)17;1-7-2-4-8(5-3-7)10-6-9;1-4-2-3-5(8)7(10)6(4)9/h6-7,9-10H,2-5,8H2,1H3;2-5H,1H3;7-8H,2-6H2,1H3;2-3H,1H3. The first-order valence-corrected chi connectivity index (χ1v) is 18.0. The van der Waals surface area contributed by atoms with E-state index in [1.807, 2.05) is 0 Å². The third-order valence-electron chi connectivity index (χ3n) is 9.83. The monoisotopic (exact) mass is 808 g/mol. The van der Waals surface area contributed by atoms with Crippen LogP contribution in [0.2, 0.25) is 0 Å². The molecular formula is C42H44F12O2. The molecular weight excluding hydrogens is 764 g/mol. The molecule has 56 heavy (non-hydrogen) atoms. The summed E-state index contributed by atoms with van der Waals surface area (Å²) >= 11 is 0. The molecule has 0 saturated heterocycles. The van der Waals surface area contributed by atoms with E-state index in [0.717, 1.165) is 62.6 Å². The Labute approximate surface area is 318 Å². The molecule has 2 fully saturated rings. The molecule has 4 aromatic rings. The molecule has 0 aliphatic heterocycles. The van der Waals surface area contributed by atoms with Crippen LogP contribution in [0.15, 0.2) is 48.5 Å². The third-order valence-corrected chi connectivity index (χ3v) is 9.83. The molecule has 308 valence electrons. The summed E-state index contributed by atoms with van der Waals surface area (Å²) < 4.78 is 163. The summed E-state index contributed by atoms with van der Waals surface area (Å²) in [4.78, 5) is 0. The van der Waals surface area contributed by atoms with Gasteiger partial charge in [-0.15, -0.1) is 0 Å². The second-order valence-electron chi connectivity index (χ2n) is 13.9. The van der Waals surface area contributed by atoms with Crippen LogP contribution in [0.25, 0.3) is 11.1 Å². The number of hydrogen-bond acceptors (Lipinski definition) is 2. The normalized spacial score (nSPS) is 19.1. The van der Waals surface area contributed by atoms with Crippen LogP contribution < -0.4 is 4.74 Å². The average Bonchev–Trinajstić information content (AvgIpc) is 3.18. The fourth-order valence-corrected chi connectivity index (χ4v) is 6.30. The number of alkyl halides is 2. The van der Waals surface area contributed by atoms with E-state index in [0.29, 0.717) is 17.5 Å². The number of halogens is 12. The van der Waals surface area contributed by atoms with Gasteiger partial charge in [-0.05, 0) is 111 Å². The van der Waals surface area contributed by atoms with Gasteiger partial charge in [0.1, 0.15) is 0 Å². The molecule has 0 N–H and O–H groups in total. The molecule has 6 rings (SSSR count). The van der Waals surface area contributed by atoms with Crippen molar-refractivity contribution >= 4 is 0 Å². The van der Waals surface area contributed by atoms with Gasteiger partial charge in [-0.25, -0.2) is 48.3 Å². The third kappa shape index (κ3) is 12.4. The predicted octanol–water partition coefficient (Wildman–Crippen LogP) is 13.8. The lowest BCUT2D eigenvalue weighted by atomic mass is 9.79. The van der Waals surface area contributed by atoms with E-state index in [4.69, 9.17) is 4.74 Å². The molecule has 2 saturated carbocycles. The van der Waals surface area contributed by atoms with Gasteiger partial charge < -0.3 is 9.47 Å². The van der Waals surface area contributed by atoms with Crippen LogP contribution in [0.3, 0.4) is 0 Å². The highest BCUT2D eigenvalue weighted by Crippen LogP contribution is 2.38. The molecule has 0 spiro atoms. The van der Waals surface area contributed by atoms with E-state index in [2.05, 4.69) is 18.6 Å². The molecule has 14 heteroatoms. The van der Waals surface area contributed by atoms with Crippen molar-refractivity contribution in [3.63, 3.8) is 0 Å². The summed E-state index contributed by atoms with van der Waals surface area (Å²) in [6.45, 7) is 5.36. The molecule has 2 nitrogen and oxygen atoms in total. The van der Waals surface area contributed by atoms with Crippen molar-refractivity contribution in [1.82, 2.24) is 0 Å². The van der Waals surface area contributed by atoms with Gasteiger partial charge in [0.25, 0.3) is 0 Å². The number of benzene rings is 4. The molecule has 4 aromatic carbocycles. The molecule has 0 unspecified atom stereocenters. The van der Waals surface area contributed by atoms with E-state index in [1.165, 1.54) is 51.0 Å². The number of hydrogen-bond donors (Lipinski definition) is 0. The topological polar surface area (TPSA) is 18.5 Å². The number of ether oxygens (including phenoxy) is 2. The van der Waals surface area contributed by atoms with Gasteiger partial charge in [0.05, 0.1) is 6.10 Å². The van der Waals surface area contributed by atoms with Crippen molar-refractivity contribution in [3.05, 3.63) is 123 Å². The molecule has 0 heterocycles. The predicted molar refractivity (Wildman–Crippen MR) is 189 cm³/mol. The van der Waals surface area contributed by atoms with E-state index in [-0.39, 0.29) is 28.9 Å². The minimum absolute atomic E-state index is 0.0410. The summed E-state index contributed by atoms with van der Waals surface area (Å²) in [5.74, 6) is -11.5. The first-order valence-electron chi connectivity index (χ1n) is 18.0. The smallest absolute Gasteiger partial charge is 0.228 e. The van der Waals surface area contributed by atoms with Crippen LogP contribution in [0.5, 0.6) is 5.75 Å². The zero-order valence-corrected chi connectivity index (χ0v) is 31.4. The van der Waals surface area contributed by atoms with E-state index in [9.17, 15) is 52.7 Å². The Kier molecular flexibility index (Phi) is 18.1. The summed E-state index contributed by atoms with van der Waals surface area (Å²) in [6, 6.07) is 8.78. The van der Waals surface area contributed by atoms with Crippen molar-refractivity contribution < 1.29 is 62.2 Å². The van der Waals surface area contributed by atoms with Crippen LogP contribution in [0.1, 0.15) is 87.8 Å². The molecule has 0 aromatic heterocycles. The summed E-state index contributed by atoms with van der Waals surface area (Å²) in [5.41, 5.74) is -0.427. The lowest BCUT2D eigenvalue weighted by molar-refractivity contribution is -0.0274. The van der Waals surface area contributed by atoms with Gasteiger partial charge in [-0.3, -0.25) is 0 Å². The van der Waals surface area contributed by atoms with Gasteiger partial charge in [0.15, 0.2) is 65.0 Å². The maximum Gasteiger partial charge on any atom is 0.228 e. The number of aryl methyl sites for hydroxylation is 2. The van der Waals surface area contributed by atoms with Gasteiger partial charge in [0, 0.05) is 11.1 Å². The van der Waals surface area contributed by atoms with Gasteiger partial charge in [-0.1, -0.05) is 51.0 Å². The zero-order valence-electron chi connectivity index (χ0n) is 31.4. The van der Waals surface area contributed by atoms with Gasteiger partial charge in [-0.2, -0.15) is 4.39 Å². The lowest BCUT2D eigenvalue weighted by Crippen LogP contribution is -2.19. The molecule has 0 radical (unpaired) electrons. The van der Waals surface area contributed by atoms with E-state index < -0.39 is 83.0 Å². The van der Waals surface area contributed by atoms with Crippen molar-refractivity contribution in [3.8, 4) is 16.9 Å². The van der Waals surface area contributed by atoms with Crippen molar-refractivity contribution in [2.45, 2.75) is 91.1 Å². The van der Waals surface area contributed by atoms with Crippen LogP contribution >= 0.6 is 0 Å². The summed E-state index contributed by atoms with van der Waals surface area (Å²) in [5, 5.41) is 0. The minimum atomic E-state index is -1.71. The summed E-state index contributed by atoms with van der Waals surface area (Å²) in [7, 11) is 0. The van der Waals surface area contributed by atoms with Gasteiger partial charge in [0.2, 0.25) is 12.7 Å². The van der Waals surface area contributed by atoms with Crippen LogP contribution in [-0.4, -0.2) is 19.8 Å². The molecule has 2 aliphatic rings. The Balaban J connectivity index is 0.000000208. The molecule has 2 aliphatic carbocycles. The Morgan fingerprint density at radius 3 is 1.43 bits per heavy atom. The fourth-order valence-electron chi connectivity index (χ4n) is 6.30. The maximum atomic E-state index is 13.9. The Morgan fingerprint density at radius 2 is 0.911 bits per heavy atom. The van der Waals surface area contributed by atoms with E-state index in [1.54, 1.807) is 0 Å². The largest absolute Gasteiger partial charge is 0.460 e. The maximum absolute atomic E-state index is 13.9. The number of rotatable bonds is 6. The first kappa shape index (κ1) is 46.2. The molecule has 0 atom stereocenters. The summed E-state index contributed by atoms with van der Waals surface area (Å²) in [6.07, 6.45) is 8.53. The zero-order chi connectivity index (χ0) is 41.7. The average molecular weight is 809 g/mol. The minimum Gasteiger partial charge on any atom is -0.460 e. The SMILES string of the molecule is CC1CCC(OCF)CC1.CC1CCC(c2ccc(OCF)c(F)c2F)CC1.Cc1ccc(-c2ccc(F)c(F)c2F)c(F)c1F.Cc1ccc(F)c(F)c1F. The van der Waals surface area contributed by atoms with E-state index >= 15 is 0 Å². The van der Waals surface area contributed by atoms with Crippen molar-refractivity contribution in [2.75, 3.05) is 13.7 Å².